The third-order valence-corrected chi connectivity index (χ3v) is 3.15. The van der Waals surface area contributed by atoms with Crippen molar-refractivity contribution >= 4 is 11.5 Å². The van der Waals surface area contributed by atoms with E-state index in [0.29, 0.717) is 0 Å². The fourth-order valence-corrected chi connectivity index (χ4v) is 2.17. The molecule has 4 heteroatoms. The summed E-state index contributed by atoms with van der Waals surface area (Å²) in [5, 5.41) is 9.04. The molecule has 0 saturated carbocycles. The van der Waals surface area contributed by atoms with Crippen molar-refractivity contribution in [2.75, 3.05) is 0 Å². The first-order valence-corrected chi connectivity index (χ1v) is 5.93. The lowest BCUT2D eigenvalue weighted by molar-refractivity contribution is 0.0697. The van der Waals surface area contributed by atoms with Gasteiger partial charge in [0.2, 0.25) is 0 Å². The van der Waals surface area contributed by atoms with Crippen molar-refractivity contribution in [1.29, 1.82) is 0 Å². The molecule has 0 radical (unpaired) electrons. The van der Waals surface area contributed by atoms with Gasteiger partial charge >= 0.3 is 5.97 Å². The molecule has 0 spiro atoms. The Bertz CT molecular complexity index is 775. The first kappa shape index (κ1) is 11.5. The van der Waals surface area contributed by atoms with Crippen molar-refractivity contribution in [3.05, 3.63) is 59.9 Å². The second kappa shape index (κ2) is 4.24. The highest BCUT2D eigenvalue weighted by molar-refractivity contribution is 5.89. The van der Waals surface area contributed by atoms with Gasteiger partial charge in [-0.2, -0.15) is 0 Å². The lowest BCUT2D eigenvalue weighted by Gasteiger charge is -2.03. The Morgan fingerprint density at radius 2 is 2.11 bits per heavy atom. The van der Waals surface area contributed by atoms with Crippen LogP contribution < -0.4 is 0 Å². The number of aromatic nitrogens is 2. The number of aryl methyl sites for hydroxylation is 1. The standard InChI is InChI=1S/C15H12N2O2/c1-10-4-3-7-17-13(10)9-16-14(17)11-5-2-6-12(8-11)15(18)19/h2-9H,1H3,(H,18,19). The summed E-state index contributed by atoms with van der Waals surface area (Å²) in [6, 6.07) is 10.8. The highest BCUT2D eigenvalue weighted by Gasteiger charge is 2.10. The molecule has 0 saturated heterocycles. The lowest BCUT2D eigenvalue weighted by Crippen LogP contribution is -1.97. The topological polar surface area (TPSA) is 54.6 Å². The Labute approximate surface area is 110 Å². The summed E-state index contributed by atoms with van der Waals surface area (Å²) in [6.45, 7) is 2.02. The van der Waals surface area contributed by atoms with Gasteiger partial charge in [-0.1, -0.05) is 18.2 Å². The van der Waals surface area contributed by atoms with Crippen LogP contribution in [-0.4, -0.2) is 20.5 Å². The number of rotatable bonds is 2. The normalized spacial score (nSPS) is 10.8. The Morgan fingerprint density at radius 3 is 2.89 bits per heavy atom. The second-order valence-electron chi connectivity index (χ2n) is 4.41. The van der Waals surface area contributed by atoms with Gasteiger partial charge in [0.1, 0.15) is 5.82 Å². The molecule has 0 amide bonds. The number of hydrogen-bond acceptors (Lipinski definition) is 2. The molecule has 0 aliphatic heterocycles. The number of pyridine rings is 1. The summed E-state index contributed by atoms with van der Waals surface area (Å²) >= 11 is 0. The highest BCUT2D eigenvalue weighted by atomic mass is 16.4. The van der Waals surface area contributed by atoms with Crippen LogP contribution in [0.3, 0.4) is 0 Å². The maximum Gasteiger partial charge on any atom is 0.335 e. The first-order valence-electron chi connectivity index (χ1n) is 5.93. The molecular formula is C15H12N2O2. The maximum atomic E-state index is 11.0. The van der Waals surface area contributed by atoms with Crippen LogP contribution in [0.25, 0.3) is 16.9 Å². The summed E-state index contributed by atoms with van der Waals surface area (Å²) < 4.78 is 1.97. The van der Waals surface area contributed by atoms with Crippen molar-refractivity contribution in [3.63, 3.8) is 0 Å². The van der Waals surface area contributed by atoms with Gasteiger partial charge in [0, 0.05) is 11.8 Å². The minimum atomic E-state index is -0.932. The molecule has 3 aromatic rings. The molecule has 0 aliphatic rings. The molecule has 2 aromatic heterocycles. The van der Waals surface area contributed by atoms with Gasteiger partial charge in [-0.15, -0.1) is 0 Å². The van der Waals surface area contributed by atoms with Crippen LogP contribution >= 0.6 is 0 Å². The predicted octanol–water partition coefficient (Wildman–Crippen LogP) is 3.01. The molecule has 0 unspecified atom stereocenters. The minimum Gasteiger partial charge on any atom is -0.478 e. The zero-order chi connectivity index (χ0) is 13.4. The molecule has 4 nitrogen and oxygen atoms in total. The predicted molar refractivity (Wildman–Crippen MR) is 72.3 cm³/mol. The molecule has 2 heterocycles. The van der Waals surface area contributed by atoms with E-state index in [1.807, 2.05) is 35.7 Å². The van der Waals surface area contributed by atoms with E-state index in [4.69, 9.17) is 5.11 Å². The maximum absolute atomic E-state index is 11.0. The quantitative estimate of drug-likeness (QED) is 0.762. The van der Waals surface area contributed by atoms with Gasteiger partial charge in [0.15, 0.2) is 0 Å². The van der Waals surface area contributed by atoms with E-state index >= 15 is 0 Å². The molecule has 1 aromatic carbocycles. The molecule has 3 rings (SSSR count). The average molecular weight is 252 g/mol. The number of carboxylic acids is 1. The van der Waals surface area contributed by atoms with Crippen molar-refractivity contribution < 1.29 is 9.90 Å². The van der Waals surface area contributed by atoms with Gasteiger partial charge in [-0.05, 0) is 30.7 Å². The number of benzene rings is 1. The number of nitrogens with zero attached hydrogens (tertiary/aromatic N) is 2. The van der Waals surface area contributed by atoms with Crippen LogP contribution in [0.4, 0.5) is 0 Å². The summed E-state index contributed by atoms with van der Waals surface area (Å²) in [5.41, 5.74) is 3.22. The average Bonchev–Trinajstić information content (AvgIpc) is 2.84. The van der Waals surface area contributed by atoms with Crippen molar-refractivity contribution in [1.82, 2.24) is 9.38 Å². The number of imidazole rings is 1. The number of carbonyl (C=O) groups is 1. The zero-order valence-electron chi connectivity index (χ0n) is 10.4. The fraction of sp³-hybridized carbons (Fsp3) is 0.0667. The number of fused-ring (bicyclic) bond motifs is 1. The summed E-state index contributed by atoms with van der Waals surface area (Å²) in [4.78, 5) is 15.4. The van der Waals surface area contributed by atoms with Crippen molar-refractivity contribution in [2.45, 2.75) is 6.92 Å². The van der Waals surface area contributed by atoms with Gasteiger partial charge < -0.3 is 5.11 Å². The number of hydrogen-bond donors (Lipinski definition) is 1. The van der Waals surface area contributed by atoms with E-state index in [1.54, 1.807) is 24.4 Å². The van der Waals surface area contributed by atoms with E-state index in [9.17, 15) is 4.79 Å². The third kappa shape index (κ3) is 1.87. The van der Waals surface area contributed by atoms with Crippen molar-refractivity contribution in [2.24, 2.45) is 0 Å². The SMILES string of the molecule is Cc1cccn2c(-c3cccc(C(=O)O)c3)ncc12. The monoisotopic (exact) mass is 252 g/mol. The number of carboxylic acid groups (broad SMARTS) is 1. The van der Waals surface area contributed by atoms with E-state index < -0.39 is 5.97 Å². The Balaban J connectivity index is 2.22. The Hall–Kier alpha value is -2.62. The second-order valence-corrected chi connectivity index (χ2v) is 4.41. The van der Waals surface area contributed by atoms with Crippen molar-refractivity contribution in [3.8, 4) is 11.4 Å². The fourth-order valence-electron chi connectivity index (χ4n) is 2.17. The molecule has 19 heavy (non-hydrogen) atoms. The third-order valence-electron chi connectivity index (χ3n) is 3.15. The molecular weight excluding hydrogens is 240 g/mol. The Kier molecular flexibility index (Phi) is 2.56. The van der Waals surface area contributed by atoms with Crippen LogP contribution in [-0.2, 0) is 0 Å². The Morgan fingerprint density at radius 1 is 1.26 bits per heavy atom. The molecule has 0 fully saturated rings. The summed E-state index contributed by atoms with van der Waals surface area (Å²) in [6.07, 6.45) is 3.73. The first-order chi connectivity index (χ1) is 9.16. The van der Waals surface area contributed by atoms with Crippen LogP contribution in [0.1, 0.15) is 15.9 Å². The zero-order valence-corrected chi connectivity index (χ0v) is 10.4. The lowest BCUT2D eigenvalue weighted by atomic mass is 10.1. The molecule has 1 N–H and O–H groups in total. The van der Waals surface area contributed by atoms with Crippen LogP contribution in [0.15, 0.2) is 48.8 Å². The molecule has 0 bridgehead atoms. The minimum absolute atomic E-state index is 0.266. The summed E-state index contributed by atoms with van der Waals surface area (Å²) in [5.74, 6) is -0.180. The summed E-state index contributed by atoms with van der Waals surface area (Å²) in [7, 11) is 0. The molecule has 0 aliphatic carbocycles. The largest absolute Gasteiger partial charge is 0.478 e. The van der Waals surface area contributed by atoms with Gasteiger partial charge in [0.05, 0.1) is 17.3 Å². The van der Waals surface area contributed by atoms with E-state index in [-0.39, 0.29) is 5.56 Å². The highest BCUT2D eigenvalue weighted by Crippen LogP contribution is 2.22. The van der Waals surface area contributed by atoms with E-state index in [0.717, 1.165) is 22.5 Å². The van der Waals surface area contributed by atoms with Crippen LogP contribution in [0.2, 0.25) is 0 Å². The van der Waals surface area contributed by atoms with Gasteiger partial charge in [-0.3, -0.25) is 4.40 Å². The number of aromatic carboxylic acids is 1. The molecule has 94 valence electrons. The van der Waals surface area contributed by atoms with E-state index in [2.05, 4.69) is 4.98 Å². The van der Waals surface area contributed by atoms with Gasteiger partial charge in [0.25, 0.3) is 0 Å². The smallest absolute Gasteiger partial charge is 0.335 e. The van der Waals surface area contributed by atoms with Gasteiger partial charge in [-0.25, -0.2) is 9.78 Å². The molecule has 0 atom stereocenters. The van der Waals surface area contributed by atoms with Crippen LogP contribution in [0.5, 0.6) is 0 Å². The van der Waals surface area contributed by atoms with Crippen LogP contribution in [0, 0.1) is 6.92 Å². The van der Waals surface area contributed by atoms with E-state index in [1.165, 1.54) is 0 Å².